The zero-order valence-electron chi connectivity index (χ0n) is 17.1. The molecule has 158 valence electrons. The van der Waals surface area contributed by atoms with Gasteiger partial charge >= 0.3 is 0 Å². The van der Waals surface area contributed by atoms with Gasteiger partial charge in [-0.1, -0.05) is 0 Å². The first-order chi connectivity index (χ1) is 14.2. The highest BCUT2D eigenvalue weighted by Gasteiger charge is 2.31. The first-order valence-corrected chi connectivity index (χ1v) is 10.9. The monoisotopic (exact) mass is 400 g/mol. The number of carbonyl (C=O) groups is 2. The number of piperidine rings is 1. The lowest BCUT2D eigenvalue weighted by molar-refractivity contribution is -0.150. The molecule has 2 aliphatic heterocycles. The summed E-state index contributed by atoms with van der Waals surface area (Å²) in [6, 6.07) is 3.68. The van der Waals surface area contributed by atoms with E-state index in [9.17, 15) is 9.59 Å². The molecule has 1 N–H and O–H groups in total. The van der Waals surface area contributed by atoms with Gasteiger partial charge in [-0.2, -0.15) is 0 Å². The lowest BCUT2D eigenvalue weighted by Crippen LogP contribution is -2.52. The minimum absolute atomic E-state index is 0.0358. The van der Waals surface area contributed by atoms with Crippen LogP contribution in [0.4, 0.5) is 0 Å². The van der Waals surface area contributed by atoms with Gasteiger partial charge in [-0.05, 0) is 68.3 Å². The van der Waals surface area contributed by atoms with Crippen molar-refractivity contribution in [3.8, 4) is 0 Å². The van der Waals surface area contributed by atoms with Crippen molar-refractivity contribution in [3.63, 3.8) is 0 Å². The summed E-state index contributed by atoms with van der Waals surface area (Å²) in [5, 5.41) is 2.94. The summed E-state index contributed by atoms with van der Waals surface area (Å²) in [5.41, 5.74) is 0.937. The van der Waals surface area contributed by atoms with Crippen LogP contribution in [0.1, 0.15) is 31.2 Å². The second kappa shape index (κ2) is 9.67. The van der Waals surface area contributed by atoms with Crippen LogP contribution in [0.25, 0.3) is 0 Å². The molecule has 1 aromatic heterocycles. The summed E-state index contributed by atoms with van der Waals surface area (Å²) in [6.07, 6.45) is 8.72. The molecule has 7 nitrogen and oxygen atoms in total. The van der Waals surface area contributed by atoms with Crippen LogP contribution in [-0.2, 0) is 20.7 Å². The number of hydrogen-bond donors (Lipinski definition) is 1. The molecule has 2 amide bonds. The molecular weight excluding hydrogens is 368 g/mol. The van der Waals surface area contributed by atoms with Gasteiger partial charge in [0.2, 0.25) is 11.8 Å². The molecule has 3 aliphatic rings. The normalized spacial score (nSPS) is 23.9. The average Bonchev–Trinajstić information content (AvgIpc) is 3.55. The number of nitrogens with one attached hydrogen (secondary N) is 1. The largest absolute Gasteiger partial charge is 0.365 e. The summed E-state index contributed by atoms with van der Waals surface area (Å²) in [5.74, 6) is 1.56. The Bertz CT molecular complexity index is 687. The zero-order chi connectivity index (χ0) is 20.1. The molecule has 4 rings (SSSR count). The van der Waals surface area contributed by atoms with E-state index in [4.69, 9.17) is 4.74 Å². The van der Waals surface area contributed by atoms with E-state index in [1.807, 2.05) is 17.0 Å². The van der Waals surface area contributed by atoms with E-state index >= 15 is 0 Å². The van der Waals surface area contributed by atoms with Crippen molar-refractivity contribution in [2.45, 2.75) is 38.2 Å². The Labute approximate surface area is 172 Å². The number of amides is 2. The third-order valence-corrected chi connectivity index (χ3v) is 6.26. The lowest BCUT2D eigenvalue weighted by atomic mass is 9.95. The van der Waals surface area contributed by atoms with Crippen LogP contribution < -0.4 is 5.32 Å². The number of pyridine rings is 1. The molecule has 0 radical (unpaired) electrons. The van der Waals surface area contributed by atoms with Gasteiger partial charge in [0.05, 0.1) is 12.5 Å². The highest BCUT2D eigenvalue weighted by molar-refractivity contribution is 5.79. The molecule has 1 saturated carbocycles. The molecule has 1 atom stereocenters. The van der Waals surface area contributed by atoms with Crippen LogP contribution in [0.15, 0.2) is 24.5 Å². The number of carbonyl (C=O) groups excluding carboxylic acids is 2. The smallest absolute Gasteiger partial charge is 0.248 e. The maximum Gasteiger partial charge on any atom is 0.248 e. The van der Waals surface area contributed by atoms with Crippen LogP contribution in [0, 0.1) is 11.8 Å². The molecule has 7 heteroatoms. The van der Waals surface area contributed by atoms with E-state index in [1.54, 1.807) is 12.4 Å². The molecule has 3 heterocycles. The molecule has 0 spiro atoms. The first-order valence-electron chi connectivity index (χ1n) is 10.9. The number of nitrogens with zero attached hydrogens (tertiary/aromatic N) is 3. The van der Waals surface area contributed by atoms with Crippen LogP contribution in [0.3, 0.4) is 0 Å². The summed E-state index contributed by atoms with van der Waals surface area (Å²) < 4.78 is 5.65. The molecule has 3 fully saturated rings. The third-order valence-electron chi connectivity index (χ3n) is 6.26. The maximum atomic E-state index is 12.3. The quantitative estimate of drug-likeness (QED) is 0.707. The number of likely N-dealkylation sites (tertiary alicyclic amines) is 1. The number of rotatable bonds is 8. The van der Waals surface area contributed by atoms with Crippen molar-refractivity contribution in [1.82, 2.24) is 20.1 Å². The second-order valence-corrected chi connectivity index (χ2v) is 8.76. The Hall–Kier alpha value is -1.99. The Morgan fingerprint density at radius 1 is 1.10 bits per heavy atom. The van der Waals surface area contributed by atoms with Crippen molar-refractivity contribution in [3.05, 3.63) is 30.1 Å². The van der Waals surface area contributed by atoms with Crippen LogP contribution in [0.2, 0.25) is 0 Å². The fraction of sp³-hybridized carbons (Fsp3) is 0.682. The van der Waals surface area contributed by atoms with Crippen molar-refractivity contribution >= 4 is 11.8 Å². The van der Waals surface area contributed by atoms with Gasteiger partial charge in [0.15, 0.2) is 0 Å². The Kier molecular flexibility index (Phi) is 6.77. The van der Waals surface area contributed by atoms with E-state index < -0.39 is 0 Å². The molecule has 1 aliphatic carbocycles. The van der Waals surface area contributed by atoms with Crippen molar-refractivity contribution in [1.29, 1.82) is 0 Å². The van der Waals surface area contributed by atoms with E-state index in [0.29, 0.717) is 25.4 Å². The van der Waals surface area contributed by atoms with Crippen molar-refractivity contribution in [2.75, 3.05) is 45.9 Å². The highest BCUT2D eigenvalue weighted by atomic mass is 16.5. The zero-order valence-corrected chi connectivity index (χ0v) is 17.1. The molecule has 2 saturated heterocycles. The predicted molar refractivity (Wildman–Crippen MR) is 109 cm³/mol. The van der Waals surface area contributed by atoms with Gasteiger partial charge in [0, 0.05) is 38.6 Å². The molecule has 29 heavy (non-hydrogen) atoms. The van der Waals surface area contributed by atoms with Gasteiger partial charge in [-0.3, -0.25) is 14.6 Å². The molecular formula is C22H32N4O3. The van der Waals surface area contributed by atoms with Crippen LogP contribution >= 0.6 is 0 Å². The molecule has 0 aromatic carbocycles. The third kappa shape index (κ3) is 6.24. The SMILES string of the molecule is O=C(Cc1ccncc1)NCC1CN(CC2CCN(CC3CC3)CC2)C(=O)CO1. The molecule has 0 bridgehead atoms. The molecule has 1 unspecified atom stereocenters. The Morgan fingerprint density at radius 2 is 1.83 bits per heavy atom. The van der Waals surface area contributed by atoms with E-state index in [-0.39, 0.29) is 24.5 Å². The summed E-state index contributed by atoms with van der Waals surface area (Å²) in [6.45, 7) is 5.53. The van der Waals surface area contributed by atoms with E-state index in [2.05, 4.69) is 15.2 Å². The number of ether oxygens (including phenoxy) is 1. The van der Waals surface area contributed by atoms with Gasteiger partial charge in [0.1, 0.15) is 6.61 Å². The van der Waals surface area contributed by atoms with Crippen LogP contribution in [0.5, 0.6) is 0 Å². The molecule has 1 aromatic rings. The summed E-state index contributed by atoms with van der Waals surface area (Å²) in [4.78, 5) is 33.0. The minimum atomic E-state index is -0.135. The number of morpholine rings is 1. The number of aromatic nitrogens is 1. The predicted octanol–water partition coefficient (Wildman–Crippen LogP) is 1.09. The number of hydrogen-bond acceptors (Lipinski definition) is 5. The van der Waals surface area contributed by atoms with Crippen LogP contribution in [-0.4, -0.2) is 78.6 Å². The first kappa shape index (κ1) is 20.3. The minimum Gasteiger partial charge on any atom is -0.365 e. The van der Waals surface area contributed by atoms with Gasteiger partial charge < -0.3 is 19.9 Å². The summed E-state index contributed by atoms with van der Waals surface area (Å²) in [7, 11) is 0. The topological polar surface area (TPSA) is 74.8 Å². The average molecular weight is 401 g/mol. The Balaban J connectivity index is 1.18. The van der Waals surface area contributed by atoms with E-state index in [0.717, 1.165) is 31.1 Å². The standard InChI is InChI=1S/C22H32N4O3/c27-21(11-17-3-7-23-8-4-17)24-12-20-15-26(22(28)16-29-20)14-19-5-9-25(10-6-19)13-18-1-2-18/h3-4,7-8,18-20H,1-2,5-6,9-16H2,(H,24,27). The maximum absolute atomic E-state index is 12.3. The van der Waals surface area contributed by atoms with Crippen molar-refractivity contribution in [2.24, 2.45) is 11.8 Å². The van der Waals surface area contributed by atoms with Gasteiger partial charge in [0.25, 0.3) is 0 Å². The van der Waals surface area contributed by atoms with Gasteiger partial charge in [-0.25, -0.2) is 0 Å². The Morgan fingerprint density at radius 3 is 2.55 bits per heavy atom. The van der Waals surface area contributed by atoms with E-state index in [1.165, 1.54) is 32.2 Å². The fourth-order valence-electron chi connectivity index (χ4n) is 4.29. The van der Waals surface area contributed by atoms with Crippen molar-refractivity contribution < 1.29 is 14.3 Å². The second-order valence-electron chi connectivity index (χ2n) is 8.76. The lowest BCUT2D eigenvalue weighted by Gasteiger charge is -2.38. The van der Waals surface area contributed by atoms with Gasteiger partial charge in [-0.15, -0.1) is 0 Å². The fourth-order valence-corrected chi connectivity index (χ4v) is 4.29. The summed E-state index contributed by atoms with van der Waals surface area (Å²) >= 11 is 0. The highest BCUT2D eigenvalue weighted by Crippen LogP contribution is 2.31.